The van der Waals surface area contributed by atoms with E-state index in [1.807, 2.05) is 0 Å². The third-order valence-corrected chi connectivity index (χ3v) is 3.70. The van der Waals surface area contributed by atoms with Crippen LogP contribution in [0.5, 0.6) is 0 Å². The number of alkyl halides is 13. The number of anilines is 1. The molecule has 1 rings (SSSR count). The summed E-state index contributed by atoms with van der Waals surface area (Å²) < 4.78 is 169. The van der Waals surface area contributed by atoms with Crippen molar-refractivity contribution in [1.82, 2.24) is 0 Å². The summed E-state index contributed by atoms with van der Waals surface area (Å²) in [4.78, 5) is 0. The Kier molecular flexibility index (Phi) is 5.43. The predicted octanol–water partition coefficient (Wildman–Crippen LogP) is 5.76. The van der Waals surface area contributed by atoms with Crippen molar-refractivity contribution in [3.05, 3.63) is 29.8 Å². The fraction of sp³-hybridized carbons (Fsp3) is 0.538. The van der Waals surface area contributed by atoms with Crippen molar-refractivity contribution in [2.45, 2.75) is 36.8 Å². The molecule has 0 aromatic heterocycles. The molecule has 0 heterocycles. The number of nitrogens with two attached hydrogens (primary N) is 1. The summed E-state index contributed by atoms with van der Waals surface area (Å²) >= 11 is 0. The highest BCUT2D eigenvalue weighted by Gasteiger charge is 2.91. The molecule has 0 fully saturated rings. The number of hydrogen-bond donors (Lipinski definition) is 1. The predicted molar refractivity (Wildman–Crippen MR) is 65.1 cm³/mol. The molecule has 0 saturated heterocycles. The van der Waals surface area contributed by atoms with Crippen LogP contribution in [-0.2, 0) is 6.42 Å². The first kappa shape index (κ1) is 23.1. The van der Waals surface area contributed by atoms with Crippen molar-refractivity contribution in [2.24, 2.45) is 5.41 Å². The lowest BCUT2D eigenvalue weighted by Crippen LogP contribution is -2.71. The quantitative estimate of drug-likeness (QED) is 0.482. The maximum Gasteiger partial charge on any atom is 0.459 e. The maximum absolute atomic E-state index is 13.8. The van der Waals surface area contributed by atoms with Gasteiger partial charge in [-0.25, -0.2) is 0 Å². The minimum Gasteiger partial charge on any atom is -0.399 e. The van der Waals surface area contributed by atoms with Gasteiger partial charge in [0.1, 0.15) is 0 Å². The summed E-state index contributed by atoms with van der Waals surface area (Å²) in [7, 11) is 0. The SMILES string of the molecule is Nc1ccc(CC(C(F)(F)F)(C(F)(F)F)C(F)(F)C(F)(F)C(F)(F)F)cc1. The molecule has 0 aliphatic carbocycles. The fourth-order valence-electron chi connectivity index (χ4n) is 2.22. The first-order chi connectivity index (χ1) is 11.7. The Morgan fingerprint density at radius 3 is 1.22 bits per heavy atom. The van der Waals surface area contributed by atoms with Crippen LogP contribution in [0.1, 0.15) is 5.56 Å². The van der Waals surface area contributed by atoms with E-state index < -0.39 is 47.8 Å². The zero-order valence-corrected chi connectivity index (χ0v) is 12.5. The number of nitrogen functional groups attached to an aromatic ring is 1. The molecule has 14 heteroatoms. The standard InChI is InChI=1S/C13H8F13N/c14-9(15,10(16,17)13(24,25)26)8(11(18,19)20,12(21,22)23)5-6-1-3-7(27)4-2-6/h1-4H,5,27H2. The monoisotopic (exact) mass is 425 g/mol. The van der Waals surface area contributed by atoms with Gasteiger partial charge in [-0.3, -0.25) is 0 Å². The van der Waals surface area contributed by atoms with E-state index in [4.69, 9.17) is 5.73 Å². The van der Waals surface area contributed by atoms with Crippen LogP contribution in [0, 0.1) is 5.41 Å². The van der Waals surface area contributed by atoms with E-state index in [0.29, 0.717) is 24.3 Å². The van der Waals surface area contributed by atoms with E-state index in [1.165, 1.54) is 0 Å². The van der Waals surface area contributed by atoms with E-state index in [2.05, 4.69) is 0 Å². The maximum atomic E-state index is 13.8. The molecule has 0 bridgehead atoms. The van der Waals surface area contributed by atoms with Crippen LogP contribution in [0.2, 0.25) is 0 Å². The number of rotatable bonds is 4. The summed E-state index contributed by atoms with van der Waals surface area (Å²) in [5.74, 6) is -15.3. The summed E-state index contributed by atoms with van der Waals surface area (Å²) in [6, 6.07) is 2.05. The van der Waals surface area contributed by atoms with Crippen LogP contribution in [0.15, 0.2) is 24.3 Å². The minimum absolute atomic E-state index is 0.240. The van der Waals surface area contributed by atoms with Gasteiger partial charge in [0.2, 0.25) is 5.41 Å². The molecular formula is C13H8F13N. The lowest BCUT2D eigenvalue weighted by atomic mass is 9.71. The first-order valence-corrected chi connectivity index (χ1v) is 6.52. The molecule has 0 aliphatic rings. The molecule has 0 saturated carbocycles. The first-order valence-electron chi connectivity index (χ1n) is 6.52. The van der Waals surface area contributed by atoms with Gasteiger partial charge in [-0.05, 0) is 17.7 Å². The number of halogens is 13. The van der Waals surface area contributed by atoms with Gasteiger partial charge in [0.05, 0.1) is 0 Å². The van der Waals surface area contributed by atoms with Gasteiger partial charge in [0.25, 0.3) is 0 Å². The highest BCUT2D eigenvalue weighted by atomic mass is 19.4. The van der Waals surface area contributed by atoms with Crippen molar-refractivity contribution in [3.63, 3.8) is 0 Å². The average Bonchev–Trinajstić information content (AvgIpc) is 2.42. The van der Waals surface area contributed by atoms with Crippen molar-refractivity contribution in [1.29, 1.82) is 0 Å². The molecule has 2 N–H and O–H groups in total. The van der Waals surface area contributed by atoms with Crippen molar-refractivity contribution in [2.75, 3.05) is 5.73 Å². The molecule has 0 radical (unpaired) electrons. The Balaban J connectivity index is 3.85. The largest absolute Gasteiger partial charge is 0.459 e. The number of hydrogen-bond acceptors (Lipinski definition) is 1. The van der Waals surface area contributed by atoms with Gasteiger partial charge in [0, 0.05) is 12.1 Å². The molecular weight excluding hydrogens is 417 g/mol. The van der Waals surface area contributed by atoms with E-state index in [9.17, 15) is 57.1 Å². The van der Waals surface area contributed by atoms with Crippen molar-refractivity contribution >= 4 is 5.69 Å². The van der Waals surface area contributed by atoms with Crippen LogP contribution in [0.25, 0.3) is 0 Å². The fourth-order valence-corrected chi connectivity index (χ4v) is 2.22. The van der Waals surface area contributed by atoms with Crippen molar-refractivity contribution in [3.8, 4) is 0 Å². The van der Waals surface area contributed by atoms with Crippen LogP contribution in [-0.4, -0.2) is 30.4 Å². The number of benzene rings is 1. The molecule has 0 aliphatic heterocycles. The van der Waals surface area contributed by atoms with E-state index in [1.54, 1.807) is 0 Å². The Labute approximate surface area is 141 Å². The summed E-state index contributed by atoms with van der Waals surface area (Å²) in [5.41, 5.74) is -3.10. The summed E-state index contributed by atoms with van der Waals surface area (Å²) in [6.07, 6.45) is -24.8. The van der Waals surface area contributed by atoms with Gasteiger partial charge in [0.15, 0.2) is 0 Å². The average molecular weight is 425 g/mol. The highest BCUT2D eigenvalue weighted by molar-refractivity contribution is 5.40. The van der Waals surface area contributed by atoms with Gasteiger partial charge in [-0.15, -0.1) is 0 Å². The Bertz CT molecular complexity index is 637. The van der Waals surface area contributed by atoms with Gasteiger partial charge in [-0.2, -0.15) is 57.1 Å². The smallest absolute Gasteiger partial charge is 0.399 e. The second-order valence-corrected chi connectivity index (χ2v) is 5.47. The second-order valence-electron chi connectivity index (χ2n) is 5.47. The van der Waals surface area contributed by atoms with Gasteiger partial charge < -0.3 is 5.73 Å². The lowest BCUT2D eigenvalue weighted by molar-refractivity contribution is -0.460. The molecule has 0 amide bonds. The van der Waals surface area contributed by atoms with Crippen LogP contribution < -0.4 is 5.73 Å². The molecule has 0 atom stereocenters. The highest BCUT2D eigenvalue weighted by Crippen LogP contribution is 2.66. The lowest BCUT2D eigenvalue weighted by Gasteiger charge is -2.45. The molecule has 1 aromatic rings. The topological polar surface area (TPSA) is 26.0 Å². The molecule has 1 aromatic carbocycles. The summed E-state index contributed by atoms with van der Waals surface area (Å²) in [6.45, 7) is 0. The van der Waals surface area contributed by atoms with Crippen molar-refractivity contribution < 1.29 is 57.1 Å². The third kappa shape index (κ3) is 3.49. The van der Waals surface area contributed by atoms with Gasteiger partial charge in [-0.1, -0.05) is 12.1 Å². The normalized spacial score (nSPS) is 15.1. The summed E-state index contributed by atoms with van der Waals surface area (Å²) in [5, 5.41) is 0. The third-order valence-electron chi connectivity index (χ3n) is 3.70. The molecule has 27 heavy (non-hydrogen) atoms. The Morgan fingerprint density at radius 2 is 0.926 bits per heavy atom. The molecule has 0 unspecified atom stereocenters. The second kappa shape index (κ2) is 6.33. The zero-order valence-electron chi connectivity index (χ0n) is 12.5. The molecule has 0 spiro atoms. The van der Waals surface area contributed by atoms with Crippen LogP contribution in [0.4, 0.5) is 62.8 Å². The van der Waals surface area contributed by atoms with E-state index in [0.717, 1.165) is 0 Å². The minimum atomic E-state index is -7.64. The zero-order chi connectivity index (χ0) is 21.7. The van der Waals surface area contributed by atoms with Crippen LogP contribution >= 0.6 is 0 Å². The van der Waals surface area contributed by atoms with E-state index in [-0.39, 0.29) is 5.69 Å². The van der Waals surface area contributed by atoms with Gasteiger partial charge >= 0.3 is 30.4 Å². The Morgan fingerprint density at radius 1 is 0.556 bits per heavy atom. The molecule has 156 valence electrons. The van der Waals surface area contributed by atoms with Crippen LogP contribution in [0.3, 0.4) is 0 Å². The van der Waals surface area contributed by atoms with E-state index >= 15 is 0 Å². The molecule has 1 nitrogen and oxygen atoms in total. The Hall–Kier alpha value is -1.89.